The van der Waals surface area contributed by atoms with Crippen molar-refractivity contribution in [3.05, 3.63) is 60.2 Å². The van der Waals surface area contributed by atoms with E-state index in [0.717, 1.165) is 11.4 Å². The van der Waals surface area contributed by atoms with Crippen molar-refractivity contribution in [2.45, 2.75) is 47.0 Å². The molecule has 4 nitrogen and oxygen atoms in total. The first-order chi connectivity index (χ1) is 12.2. The molecule has 26 heavy (non-hydrogen) atoms. The molecule has 0 saturated carbocycles. The zero-order valence-electron chi connectivity index (χ0n) is 16.7. The van der Waals surface area contributed by atoms with Crippen molar-refractivity contribution in [3.63, 3.8) is 0 Å². The molecule has 0 radical (unpaired) electrons. The minimum Gasteiger partial charge on any atom is -0.324 e. The van der Waals surface area contributed by atoms with Crippen LogP contribution in [0.15, 0.2) is 59.6 Å². The van der Waals surface area contributed by atoms with Crippen molar-refractivity contribution >= 4 is 22.9 Å². The van der Waals surface area contributed by atoms with Gasteiger partial charge in [-0.3, -0.25) is 15.6 Å². The molecule has 1 aliphatic rings. The molecular weight excluding hydrogens is 322 g/mol. The van der Waals surface area contributed by atoms with Crippen LogP contribution in [0, 0.1) is 5.92 Å². The van der Waals surface area contributed by atoms with Gasteiger partial charge in [0.05, 0.1) is 5.69 Å². The summed E-state index contributed by atoms with van der Waals surface area (Å²) in [4.78, 5) is 14.7. The summed E-state index contributed by atoms with van der Waals surface area (Å²) in [5.74, 6) is 5.57. The summed E-state index contributed by atoms with van der Waals surface area (Å²) in [6, 6.07) is 18.0. The lowest BCUT2D eigenvalue weighted by molar-refractivity contribution is -0.119. The standard InChI is InChI=1S/C11H13N.C6H8N2.C5H10O/c1-8-11(2,3)9-6-4-5-7-10(9)12-8;7-8-6-4-2-1-3-5-6;1-4(2)5(3)6/h4-7H,1-3H3;1-5,8H,7H2;4H,1-3H3. The molecule has 0 aromatic heterocycles. The lowest BCUT2D eigenvalue weighted by atomic mass is 9.82. The number of ketones is 1. The van der Waals surface area contributed by atoms with E-state index in [9.17, 15) is 4.79 Å². The Labute approximate surface area is 157 Å². The van der Waals surface area contributed by atoms with Crippen molar-refractivity contribution in [1.82, 2.24) is 0 Å². The molecule has 0 fully saturated rings. The molecule has 2 aromatic carbocycles. The Balaban J connectivity index is 0.000000211. The number of aliphatic imine (C=N–C) groups is 1. The van der Waals surface area contributed by atoms with Crippen LogP contribution in [0.2, 0.25) is 0 Å². The van der Waals surface area contributed by atoms with Crippen molar-refractivity contribution in [2.24, 2.45) is 16.8 Å². The van der Waals surface area contributed by atoms with Gasteiger partial charge in [0.15, 0.2) is 0 Å². The van der Waals surface area contributed by atoms with Crippen LogP contribution < -0.4 is 11.3 Å². The van der Waals surface area contributed by atoms with Crippen LogP contribution in [0.5, 0.6) is 0 Å². The summed E-state index contributed by atoms with van der Waals surface area (Å²) < 4.78 is 0. The predicted octanol–water partition coefficient (Wildman–Crippen LogP) is 5.27. The number of nitrogens with two attached hydrogens (primary N) is 1. The van der Waals surface area contributed by atoms with E-state index in [-0.39, 0.29) is 17.1 Å². The number of hydrogen-bond donors (Lipinski definition) is 2. The number of rotatable bonds is 2. The maximum atomic E-state index is 10.1. The summed E-state index contributed by atoms with van der Waals surface area (Å²) in [7, 11) is 0. The second-order valence-corrected chi connectivity index (χ2v) is 7.12. The number of nitrogens with one attached hydrogen (secondary N) is 1. The molecule has 1 aliphatic heterocycles. The highest BCUT2D eigenvalue weighted by Gasteiger charge is 2.31. The Morgan fingerprint density at radius 2 is 1.54 bits per heavy atom. The Morgan fingerprint density at radius 3 is 1.96 bits per heavy atom. The Bertz CT molecular complexity index is 734. The topological polar surface area (TPSA) is 67.5 Å². The van der Waals surface area contributed by atoms with Crippen LogP contribution in [-0.2, 0) is 10.2 Å². The van der Waals surface area contributed by atoms with Gasteiger partial charge < -0.3 is 5.43 Å². The minimum atomic E-state index is 0.136. The second-order valence-electron chi connectivity index (χ2n) is 7.12. The average Bonchev–Trinajstić information content (AvgIpc) is 2.86. The zero-order valence-corrected chi connectivity index (χ0v) is 16.7. The van der Waals surface area contributed by atoms with Crippen LogP contribution in [0.4, 0.5) is 11.4 Å². The quantitative estimate of drug-likeness (QED) is 0.570. The summed E-state index contributed by atoms with van der Waals surface area (Å²) in [5, 5.41) is 0. The number of hydrazine groups is 1. The molecule has 4 heteroatoms. The first-order valence-electron chi connectivity index (χ1n) is 8.87. The van der Waals surface area contributed by atoms with Crippen molar-refractivity contribution in [3.8, 4) is 0 Å². The molecule has 140 valence electrons. The SMILES string of the molecule is CC(=O)C(C)C.CC1=Nc2ccccc2C1(C)C.NNc1ccccc1. The first kappa shape index (κ1) is 21.6. The number of carbonyl (C=O) groups is 1. The van der Waals surface area contributed by atoms with Gasteiger partial charge >= 0.3 is 0 Å². The fraction of sp³-hybridized carbons (Fsp3) is 0.364. The smallest absolute Gasteiger partial charge is 0.132 e. The van der Waals surface area contributed by atoms with Gasteiger partial charge in [-0.05, 0) is 37.6 Å². The maximum absolute atomic E-state index is 10.1. The van der Waals surface area contributed by atoms with E-state index in [2.05, 4.69) is 49.4 Å². The highest BCUT2D eigenvalue weighted by molar-refractivity contribution is 5.99. The number of carbonyl (C=O) groups excluding carboxylic acids is 1. The average molecular weight is 354 g/mol. The molecule has 0 spiro atoms. The van der Waals surface area contributed by atoms with Gasteiger partial charge in [-0.25, -0.2) is 0 Å². The van der Waals surface area contributed by atoms with Gasteiger partial charge in [-0.1, -0.05) is 64.1 Å². The van der Waals surface area contributed by atoms with Gasteiger partial charge in [0.2, 0.25) is 0 Å². The van der Waals surface area contributed by atoms with Gasteiger partial charge in [0, 0.05) is 22.7 Å². The molecule has 3 rings (SSSR count). The minimum absolute atomic E-state index is 0.136. The second kappa shape index (κ2) is 9.88. The number of Topliss-reactive ketones (excluding diaryl/α,β-unsaturated/α-hetero) is 1. The van der Waals surface area contributed by atoms with Gasteiger partial charge in [-0.2, -0.15) is 0 Å². The highest BCUT2D eigenvalue weighted by atomic mass is 16.1. The molecule has 2 aromatic rings. The predicted molar refractivity (Wildman–Crippen MR) is 112 cm³/mol. The normalized spacial score (nSPS) is 13.5. The number of fused-ring (bicyclic) bond motifs is 1. The fourth-order valence-electron chi connectivity index (χ4n) is 2.15. The summed E-state index contributed by atoms with van der Waals surface area (Å²) in [5.41, 5.74) is 7.30. The molecule has 0 saturated heterocycles. The number of para-hydroxylation sites is 2. The number of benzene rings is 2. The third kappa shape index (κ3) is 6.12. The number of nitrogen functional groups attached to an aromatic ring is 1. The van der Waals surface area contributed by atoms with Crippen LogP contribution >= 0.6 is 0 Å². The van der Waals surface area contributed by atoms with E-state index >= 15 is 0 Å². The van der Waals surface area contributed by atoms with Crippen LogP contribution in [0.1, 0.15) is 47.1 Å². The molecule has 3 N–H and O–H groups in total. The molecule has 0 unspecified atom stereocenters. The fourth-order valence-corrected chi connectivity index (χ4v) is 2.15. The molecule has 0 aliphatic carbocycles. The summed E-state index contributed by atoms with van der Waals surface area (Å²) in [6.07, 6.45) is 0. The van der Waals surface area contributed by atoms with Crippen molar-refractivity contribution in [1.29, 1.82) is 0 Å². The van der Waals surface area contributed by atoms with Gasteiger partial charge in [0.1, 0.15) is 5.78 Å². The third-order valence-electron chi connectivity index (χ3n) is 4.52. The molecule has 0 atom stereocenters. The lowest BCUT2D eigenvalue weighted by Crippen LogP contribution is -2.22. The van der Waals surface area contributed by atoms with Gasteiger partial charge in [-0.15, -0.1) is 0 Å². The monoisotopic (exact) mass is 353 g/mol. The third-order valence-corrected chi connectivity index (χ3v) is 4.52. The summed E-state index contributed by atoms with van der Waals surface area (Å²) in [6.45, 7) is 11.9. The Morgan fingerprint density at radius 1 is 1.04 bits per heavy atom. The van der Waals surface area contributed by atoms with Gasteiger partial charge in [0.25, 0.3) is 0 Å². The molecule has 0 amide bonds. The number of hydrogen-bond acceptors (Lipinski definition) is 4. The van der Waals surface area contributed by atoms with E-state index in [1.165, 1.54) is 11.3 Å². The van der Waals surface area contributed by atoms with E-state index < -0.39 is 0 Å². The lowest BCUT2D eigenvalue weighted by Gasteiger charge is -2.19. The number of anilines is 1. The van der Waals surface area contributed by atoms with Crippen LogP contribution in [0.3, 0.4) is 0 Å². The zero-order chi connectivity index (χ0) is 19.7. The number of nitrogens with zero attached hydrogens (tertiary/aromatic N) is 1. The highest BCUT2D eigenvalue weighted by Crippen LogP contribution is 2.39. The van der Waals surface area contributed by atoms with Crippen LogP contribution in [0.25, 0.3) is 0 Å². The Hall–Kier alpha value is -2.46. The van der Waals surface area contributed by atoms with E-state index in [0.29, 0.717) is 0 Å². The van der Waals surface area contributed by atoms with E-state index in [1.807, 2.05) is 50.2 Å². The molecule has 1 heterocycles. The summed E-state index contributed by atoms with van der Waals surface area (Å²) >= 11 is 0. The van der Waals surface area contributed by atoms with E-state index in [4.69, 9.17) is 5.84 Å². The van der Waals surface area contributed by atoms with E-state index in [1.54, 1.807) is 6.92 Å². The Kier molecular flexibility index (Phi) is 8.20. The van der Waals surface area contributed by atoms with Crippen molar-refractivity contribution < 1.29 is 4.79 Å². The molecular formula is C22H31N3O. The molecule has 0 bridgehead atoms. The first-order valence-corrected chi connectivity index (χ1v) is 8.87. The van der Waals surface area contributed by atoms with Crippen molar-refractivity contribution in [2.75, 3.05) is 5.43 Å². The largest absolute Gasteiger partial charge is 0.324 e. The van der Waals surface area contributed by atoms with Crippen LogP contribution in [-0.4, -0.2) is 11.5 Å². The maximum Gasteiger partial charge on any atom is 0.132 e.